The maximum atomic E-state index is 11.7. The Labute approximate surface area is 108 Å². The lowest BCUT2D eigenvalue weighted by molar-refractivity contribution is -0.185. The molecule has 98 valence electrons. The van der Waals surface area contributed by atoms with E-state index < -0.39 is 17.2 Å². The molecule has 0 spiro atoms. The van der Waals surface area contributed by atoms with Crippen LogP contribution in [-0.4, -0.2) is 22.3 Å². The molecule has 0 saturated carbocycles. The zero-order chi connectivity index (χ0) is 13.4. The van der Waals surface area contributed by atoms with Gasteiger partial charge in [0.25, 0.3) is 0 Å². The largest absolute Gasteiger partial charge is 0.479 e. The van der Waals surface area contributed by atoms with Crippen LogP contribution in [0.5, 0.6) is 0 Å². The molecule has 0 bridgehead atoms. The zero-order valence-corrected chi connectivity index (χ0v) is 11.2. The lowest BCUT2D eigenvalue weighted by Gasteiger charge is -2.34. The molecule has 1 aromatic rings. The third-order valence-electron chi connectivity index (χ3n) is 3.78. The average molecular weight is 248 g/mol. The van der Waals surface area contributed by atoms with Crippen LogP contribution in [0.25, 0.3) is 0 Å². The first-order chi connectivity index (χ1) is 8.38. The molecule has 0 saturated heterocycles. The van der Waals surface area contributed by atoms with Crippen LogP contribution in [0.15, 0.2) is 24.3 Å². The predicted octanol–water partition coefficient (Wildman–Crippen LogP) is 2.81. The van der Waals surface area contributed by atoms with Gasteiger partial charge in [-0.25, -0.2) is 4.79 Å². The number of hydrogen-bond acceptors (Lipinski definition) is 2. The summed E-state index contributed by atoms with van der Waals surface area (Å²) in [6, 6.07) is 7.87. The number of carbonyl (C=O) groups is 1. The zero-order valence-electron chi connectivity index (χ0n) is 11.2. The van der Waals surface area contributed by atoms with E-state index in [2.05, 4.69) is 0 Å². The summed E-state index contributed by atoms with van der Waals surface area (Å²) >= 11 is 0. The SMILES string of the molecule is CCC(C)(C)OC1(C(=O)O)Cc2ccccc2C1. The third-order valence-corrected chi connectivity index (χ3v) is 3.78. The first kappa shape index (κ1) is 13.1. The number of ether oxygens (including phenoxy) is 1. The van der Waals surface area contributed by atoms with Crippen molar-refractivity contribution in [2.75, 3.05) is 0 Å². The van der Waals surface area contributed by atoms with Crippen molar-refractivity contribution in [3.05, 3.63) is 35.4 Å². The summed E-state index contributed by atoms with van der Waals surface area (Å²) in [5, 5.41) is 9.57. The minimum atomic E-state index is -1.09. The van der Waals surface area contributed by atoms with Gasteiger partial charge < -0.3 is 9.84 Å². The Kier molecular flexibility index (Phi) is 3.20. The van der Waals surface area contributed by atoms with Crippen molar-refractivity contribution in [2.45, 2.75) is 51.2 Å². The first-order valence-electron chi connectivity index (χ1n) is 6.39. The molecule has 0 aliphatic heterocycles. The monoisotopic (exact) mass is 248 g/mol. The van der Waals surface area contributed by atoms with Gasteiger partial charge in [0.05, 0.1) is 5.60 Å². The van der Waals surface area contributed by atoms with Crippen molar-refractivity contribution in [3.63, 3.8) is 0 Å². The summed E-state index contributed by atoms with van der Waals surface area (Å²) in [6.45, 7) is 5.90. The average Bonchev–Trinajstić information content (AvgIpc) is 2.67. The molecule has 0 atom stereocenters. The van der Waals surface area contributed by atoms with E-state index in [-0.39, 0.29) is 0 Å². The van der Waals surface area contributed by atoms with E-state index in [1.54, 1.807) is 0 Å². The van der Waals surface area contributed by atoms with Gasteiger partial charge in [-0.05, 0) is 31.4 Å². The third kappa shape index (κ3) is 2.27. The fourth-order valence-corrected chi connectivity index (χ4v) is 2.45. The van der Waals surface area contributed by atoms with Crippen molar-refractivity contribution >= 4 is 5.97 Å². The Balaban J connectivity index is 2.31. The lowest BCUT2D eigenvalue weighted by Crippen LogP contribution is -2.48. The van der Waals surface area contributed by atoms with E-state index in [4.69, 9.17) is 4.74 Å². The van der Waals surface area contributed by atoms with Crippen LogP contribution in [0, 0.1) is 0 Å². The summed E-state index contributed by atoms with van der Waals surface area (Å²) in [5.41, 5.74) is 0.669. The molecule has 0 fully saturated rings. The van der Waals surface area contributed by atoms with E-state index in [9.17, 15) is 9.90 Å². The normalized spacial score (nSPS) is 17.5. The van der Waals surface area contributed by atoms with Crippen LogP contribution in [-0.2, 0) is 22.4 Å². The number of aliphatic carboxylic acids is 1. The standard InChI is InChI=1S/C15H20O3/c1-4-14(2,3)18-15(13(16)17)9-11-7-5-6-8-12(11)10-15/h5-8H,4,9-10H2,1-3H3,(H,16,17). The van der Waals surface area contributed by atoms with Gasteiger partial charge in [0.15, 0.2) is 5.60 Å². The lowest BCUT2D eigenvalue weighted by atomic mass is 9.97. The van der Waals surface area contributed by atoms with Crippen molar-refractivity contribution < 1.29 is 14.6 Å². The van der Waals surface area contributed by atoms with E-state index in [0.717, 1.165) is 17.5 Å². The Bertz CT molecular complexity index is 438. The van der Waals surface area contributed by atoms with Gasteiger partial charge >= 0.3 is 5.97 Å². The second kappa shape index (κ2) is 4.39. The van der Waals surface area contributed by atoms with Crippen molar-refractivity contribution in [2.24, 2.45) is 0 Å². The van der Waals surface area contributed by atoms with Crippen LogP contribution in [0.2, 0.25) is 0 Å². The second-order valence-corrected chi connectivity index (χ2v) is 5.64. The molecule has 18 heavy (non-hydrogen) atoms. The molecule has 2 rings (SSSR count). The Morgan fingerprint density at radius 3 is 2.22 bits per heavy atom. The molecule has 1 N–H and O–H groups in total. The van der Waals surface area contributed by atoms with Gasteiger partial charge in [0, 0.05) is 12.8 Å². The second-order valence-electron chi connectivity index (χ2n) is 5.64. The quantitative estimate of drug-likeness (QED) is 0.891. The first-order valence-corrected chi connectivity index (χ1v) is 6.39. The van der Waals surface area contributed by atoms with Crippen molar-refractivity contribution in [1.82, 2.24) is 0 Å². The highest BCUT2D eigenvalue weighted by Gasteiger charge is 2.48. The number of carboxylic acids is 1. The number of benzene rings is 1. The van der Waals surface area contributed by atoms with E-state index in [1.165, 1.54) is 0 Å². The molecule has 0 unspecified atom stereocenters. The number of hydrogen-bond donors (Lipinski definition) is 1. The molecule has 1 aromatic carbocycles. The maximum Gasteiger partial charge on any atom is 0.336 e. The highest BCUT2D eigenvalue weighted by molar-refractivity contribution is 5.80. The molecule has 3 heteroatoms. The van der Waals surface area contributed by atoms with Gasteiger partial charge in [-0.3, -0.25) is 0 Å². The Morgan fingerprint density at radius 1 is 1.33 bits per heavy atom. The Hall–Kier alpha value is -1.35. The molecule has 1 aliphatic rings. The minimum absolute atomic E-state index is 0.416. The van der Waals surface area contributed by atoms with Crippen molar-refractivity contribution in [3.8, 4) is 0 Å². The summed E-state index contributed by atoms with van der Waals surface area (Å²) in [7, 11) is 0. The fourth-order valence-electron chi connectivity index (χ4n) is 2.45. The van der Waals surface area contributed by atoms with Gasteiger partial charge in [-0.2, -0.15) is 0 Å². The number of fused-ring (bicyclic) bond motifs is 1. The maximum absolute atomic E-state index is 11.7. The fraction of sp³-hybridized carbons (Fsp3) is 0.533. The van der Waals surface area contributed by atoms with E-state index >= 15 is 0 Å². The van der Waals surface area contributed by atoms with Crippen LogP contribution >= 0.6 is 0 Å². The highest BCUT2D eigenvalue weighted by Crippen LogP contribution is 2.37. The van der Waals surface area contributed by atoms with Crippen LogP contribution in [0.3, 0.4) is 0 Å². The van der Waals surface area contributed by atoms with Crippen LogP contribution in [0.4, 0.5) is 0 Å². The van der Waals surface area contributed by atoms with Gasteiger partial charge in [0.1, 0.15) is 0 Å². The molecule has 0 radical (unpaired) electrons. The smallest absolute Gasteiger partial charge is 0.336 e. The van der Waals surface area contributed by atoms with Gasteiger partial charge in [-0.1, -0.05) is 31.2 Å². The molecule has 1 aliphatic carbocycles. The summed E-state index contributed by atoms with van der Waals surface area (Å²) in [6.07, 6.45) is 1.71. The molecular formula is C15H20O3. The van der Waals surface area contributed by atoms with Gasteiger partial charge in [0.2, 0.25) is 0 Å². The van der Waals surface area contributed by atoms with Crippen LogP contribution < -0.4 is 0 Å². The number of carboxylic acid groups (broad SMARTS) is 1. The Morgan fingerprint density at radius 2 is 1.83 bits per heavy atom. The topological polar surface area (TPSA) is 46.5 Å². The molecule has 3 nitrogen and oxygen atoms in total. The number of rotatable bonds is 4. The van der Waals surface area contributed by atoms with Crippen LogP contribution in [0.1, 0.15) is 38.3 Å². The molecule has 0 amide bonds. The van der Waals surface area contributed by atoms with E-state index in [0.29, 0.717) is 12.8 Å². The molecular weight excluding hydrogens is 228 g/mol. The summed E-state index contributed by atoms with van der Waals surface area (Å²) in [5.74, 6) is -0.861. The van der Waals surface area contributed by atoms with Crippen molar-refractivity contribution in [1.29, 1.82) is 0 Å². The molecule has 0 aromatic heterocycles. The minimum Gasteiger partial charge on any atom is -0.479 e. The predicted molar refractivity (Wildman–Crippen MR) is 69.7 cm³/mol. The molecule has 0 heterocycles. The highest BCUT2D eigenvalue weighted by atomic mass is 16.5. The van der Waals surface area contributed by atoms with E-state index in [1.807, 2.05) is 45.0 Å². The van der Waals surface area contributed by atoms with Gasteiger partial charge in [-0.15, -0.1) is 0 Å². The summed E-state index contributed by atoms with van der Waals surface area (Å²) < 4.78 is 5.98. The summed E-state index contributed by atoms with van der Waals surface area (Å²) in [4.78, 5) is 11.7.